The summed E-state index contributed by atoms with van der Waals surface area (Å²) in [5.41, 5.74) is 6.18. The zero-order valence-electron chi connectivity index (χ0n) is 8.69. The number of thiophene rings is 1. The maximum atomic E-state index is 11.7. The summed E-state index contributed by atoms with van der Waals surface area (Å²) in [7, 11) is 0. The third-order valence-electron chi connectivity index (χ3n) is 1.97. The average Bonchev–Trinajstić information content (AvgIpc) is 2.84. The zero-order chi connectivity index (χ0) is 11.5. The molecular weight excluding hydrogens is 242 g/mol. The van der Waals surface area contributed by atoms with Gasteiger partial charge < -0.3 is 11.1 Å². The van der Waals surface area contributed by atoms with Crippen LogP contribution in [0.25, 0.3) is 0 Å². The fraction of sp³-hybridized carbons (Fsp3) is 0.200. The molecule has 0 spiro atoms. The van der Waals surface area contributed by atoms with Crippen molar-refractivity contribution in [3.05, 3.63) is 32.4 Å². The van der Waals surface area contributed by atoms with Gasteiger partial charge in [0.15, 0.2) is 0 Å². The molecule has 0 bridgehead atoms. The average molecular weight is 253 g/mol. The molecule has 4 nitrogen and oxygen atoms in total. The van der Waals surface area contributed by atoms with Gasteiger partial charge in [-0.1, -0.05) is 0 Å². The Balaban J connectivity index is 1.96. The summed E-state index contributed by atoms with van der Waals surface area (Å²) < 4.78 is 0. The lowest BCUT2D eigenvalue weighted by Gasteiger charge is -2.01. The summed E-state index contributed by atoms with van der Waals surface area (Å²) in [6, 6.07) is 1.73. The fourth-order valence-corrected chi connectivity index (χ4v) is 2.68. The predicted molar refractivity (Wildman–Crippen MR) is 66.8 cm³/mol. The number of hydrogen-bond donors (Lipinski definition) is 2. The predicted octanol–water partition coefficient (Wildman–Crippen LogP) is 2.03. The van der Waals surface area contributed by atoms with Gasteiger partial charge in [0.2, 0.25) is 0 Å². The molecule has 16 heavy (non-hydrogen) atoms. The standard InChI is InChI=1S/C10H11N3OS2/c1-6-4-12-8(16-6)5-13-10(14)9-7(11)2-3-15-9/h2-4H,5,11H2,1H3,(H,13,14). The summed E-state index contributed by atoms with van der Waals surface area (Å²) in [6.45, 7) is 2.44. The number of aromatic nitrogens is 1. The van der Waals surface area contributed by atoms with Gasteiger partial charge in [0.1, 0.15) is 9.88 Å². The lowest BCUT2D eigenvalue weighted by Crippen LogP contribution is -2.22. The van der Waals surface area contributed by atoms with Crippen LogP contribution in [0.4, 0.5) is 5.69 Å². The topological polar surface area (TPSA) is 68.0 Å². The molecule has 6 heteroatoms. The molecule has 2 rings (SSSR count). The van der Waals surface area contributed by atoms with E-state index in [-0.39, 0.29) is 5.91 Å². The number of nitrogens with one attached hydrogen (secondary N) is 1. The lowest BCUT2D eigenvalue weighted by atomic mass is 10.4. The molecule has 84 valence electrons. The molecule has 0 aliphatic rings. The van der Waals surface area contributed by atoms with E-state index in [1.165, 1.54) is 11.3 Å². The van der Waals surface area contributed by atoms with Crippen LogP contribution in [0.5, 0.6) is 0 Å². The number of carbonyl (C=O) groups excluding carboxylic acids is 1. The number of nitrogens with zero attached hydrogens (tertiary/aromatic N) is 1. The second kappa shape index (κ2) is 4.63. The molecular formula is C10H11N3OS2. The Bertz CT molecular complexity index is 504. The number of amides is 1. The Morgan fingerprint density at radius 3 is 3.00 bits per heavy atom. The molecule has 0 atom stereocenters. The summed E-state index contributed by atoms with van der Waals surface area (Å²) in [4.78, 5) is 17.6. The van der Waals surface area contributed by atoms with Crippen molar-refractivity contribution in [2.45, 2.75) is 13.5 Å². The van der Waals surface area contributed by atoms with Gasteiger partial charge in [-0.2, -0.15) is 0 Å². The van der Waals surface area contributed by atoms with E-state index in [4.69, 9.17) is 5.73 Å². The first-order chi connectivity index (χ1) is 7.66. The first-order valence-corrected chi connectivity index (χ1v) is 6.39. The van der Waals surface area contributed by atoms with Crippen LogP contribution >= 0.6 is 22.7 Å². The molecule has 0 unspecified atom stereocenters. The number of hydrogen-bond acceptors (Lipinski definition) is 5. The van der Waals surface area contributed by atoms with Gasteiger partial charge in [-0.3, -0.25) is 4.79 Å². The highest BCUT2D eigenvalue weighted by Crippen LogP contribution is 2.18. The van der Waals surface area contributed by atoms with Crippen molar-refractivity contribution >= 4 is 34.3 Å². The number of nitrogens with two attached hydrogens (primary N) is 1. The van der Waals surface area contributed by atoms with E-state index in [1.807, 2.05) is 6.92 Å². The Kier molecular flexibility index (Phi) is 3.21. The number of rotatable bonds is 3. The van der Waals surface area contributed by atoms with Gasteiger partial charge in [0.25, 0.3) is 5.91 Å². The molecule has 0 fully saturated rings. The number of thiazole rings is 1. The highest BCUT2D eigenvalue weighted by molar-refractivity contribution is 7.12. The monoisotopic (exact) mass is 253 g/mol. The second-order valence-corrected chi connectivity index (χ2v) is 5.49. The van der Waals surface area contributed by atoms with E-state index in [0.29, 0.717) is 17.1 Å². The van der Waals surface area contributed by atoms with Crippen LogP contribution in [-0.2, 0) is 6.54 Å². The Hall–Kier alpha value is -1.40. The first kappa shape index (κ1) is 11.1. The third-order valence-corrected chi connectivity index (χ3v) is 3.81. The van der Waals surface area contributed by atoms with Crippen molar-refractivity contribution < 1.29 is 4.79 Å². The Morgan fingerprint density at radius 1 is 1.62 bits per heavy atom. The van der Waals surface area contributed by atoms with Crippen LogP contribution in [0.15, 0.2) is 17.6 Å². The smallest absolute Gasteiger partial charge is 0.263 e. The number of anilines is 1. The van der Waals surface area contributed by atoms with E-state index in [9.17, 15) is 4.79 Å². The van der Waals surface area contributed by atoms with E-state index >= 15 is 0 Å². The third kappa shape index (κ3) is 2.40. The van der Waals surface area contributed by atoms with Crippen LogP contribution in [0.3, 0.4) is 0 Å². The van der Waals surface area contributed by atoms with Crippen LogP contribution < -0.4 is 11.1 Å². The van der Waals surface area contributed by atoms with Gasteiger partial charge in [-0.05, 0) is 18.4 Å². The normalized spacial score (nSPS) is 10.3. The van der Waals surface area contributed by atoms with Crippen LogP contribution in [0.1, 0.15) is 19.6 Å². The van der Waals surface area contributed by atoms with Gasteiger partial charge in [0, 0.05) is 11.1 Å². The lowest BCUT2D eigenvalue weighted by molar-refractivity contribution is 0.0956. The first-order valence-electron chi connectivity index (χ1n) is 4.69. The SMILES string of the molecule is Cc1cnc(CNC(=O)c2sccc2N)s1. The van der Waals surface area contributed by atoms with Crippen molar-refractivity contribution in [3.8, 4) is 0 Å². The van der Waals surface area contributed by atoms with Crippen LogP contribution in [0.2, 0.25) is 0 Å². The van der Waals surface area contributed by atoms with Crippen LogP contribution in [0, 0.1) is 6.92 Å². The molecule has 2 aromatic heterocycles. The molecule has 0 saturated carbocycles. The van der Waals surface area contributed by atoms with Gasteiger partial charge in [-0.25, -0.2) is 4.98 Å². The van der Waals surface area contributed by atoms with Crippen molar-refractivity contribution in [3.63, 3.8) is 0 Å². The molecule has 3 N–H and O–H groups in total. The summed E-state index contributed by atoms with van der Waals surface area (Å²) in [5.74, 6) is -0.139. The molecule has 0 aliphatic carbocycles. The maximum Gasteiger partial charge on any atom is 0.263 e. The van der Waals surface area contributed by atoms with Gasteiger partial charge >= 0.3 is 0 Å². The molecule has 0 radical (unpaired) electrons. The second-order valence-electron chi connectivity index (χ2n) is 3.25. The summed E-state index contributed by atoms with van der Waals surface area (Å²) in [5, 5.41) is 5.50. The van der Waals surface area contributed by atoms with Crippen LogP contribution in [-0.4, -0.2) is 10.9 Å². The van der Waals surface area contributed by atoms with Gasteiger partial charge in [0.05, 0.1) is 12.2 Å². The number of carbonyl (C=O) groups is 1. The largest absolute Gasteiger partial charge is 0.397 e. The molecule has 2 aromatic rings. The number of aryl methyl sites for hydroxylation is 1. The molecule has 0 aromatic carbocycles. The highest BCUT2D eigenvalue weighted by atomic mass is 32.1. The molecule has 1 amide bonds. The molecule has 0 saturated heterocycles. The summed E-state index contributed by atoms with van der Waals surface area (Å²) >= 11 is 2.92. The van der Waals surface area contributed by atoms with Crippen molar-refractivity contribution in [1.29, 1.82) is 0 Å². The van der Waals surface area contributed by atoms with E-state index < -0.39 is 0 Å². The van der Waals surface area contributed by atoms with E-state index in [0.717, 1.165) is 9.88 Å². The minimum atomic E-state index is -0.139. The van der Waals surface area contributed by atoms with Crippen molar-refractivity contribution in [1.82, 2.24) is 10.3 Å². The highest BCUT2D eigenvalue weighted by Gasteiger charge is 2.11. The molecule has 0 aliphatic heterocycles. The fourth-order valence-electron chi connectivity index (χ4n) is 1.22. The van der Waals surface area contributed by atoms with Crippen molar-refractivity contribution in [2.75, 3.05) is 5.73 Å². The Labute approximate surface area is 101 Å². The van der Waals surface area contributed by atoms with Gasteiger partial charge in [-0.15, -0.1) is 22.7 Å². The quantitative estimate of drug-likeness (QED) is 0.879. The minimum absolute atomic E-state index is 0.139. The minimum Gasteiger partial charge on any atom is -0.397 e. The summed E-state index contributed by atoms with van der Waals surface area (Å²) in [6.07, 6.45) is 1.80. The number of nitrogen functional groups attached to an aromatic ring is 1. The van der Waals surface area contributed by atoms with E-state index in [2.05, 4.69) is 10.3 Å². The Morgan fingerprint density at radius 2 is 2.44 bits per heavy atom. The van der Waals surface area contributed by atoms with E-state index in [1.54, 1.807) is 29.0 Å². The molecule has 2 heterocycles. The zero-order valence-corrected chi connectivity index (χ0v) is 10.3. The maximum absolute atomic E-state index is 11.7. The van der Waals surface area contributed by atoms with Crippen molar-refractivity contribution in [2.24, 2.45) is 0 Å².